The van der Waals surface area contributed by atoms with E-state index in [2.05, 4.69) is 6.92 Å². The van der Waals surface area contributed by atoms with E-state index in [9.17, 15) is 4.79 Å². The van der Waals surface area contributed by atoms with Crippen molar-refractivity contribution in [1.29, 1.82) is 0 Å². The van der Waals surface area contributed by atoms with Crippen LogP contribution in [0.2, 0.25) is 0 Å². The Kier molecular flexibility index (Phi) is 3.78. The second-order valence-electron chi connectivity index (χ2n) is 4.27. The van der Waals surface area contributed by atoms with Crippen molar-refractivity contribution in [2.24, 2.45) is 0 Å². The number of amides is 1. The molecule has 1 unspecified atom stereocenters. The highest BCUT2D eigenvalue weighted by Gasteiger charge is 2.20. The molecule has 86 valence electrons. The van der Waals surface area contributed by atoms with Crippen molar-refractivity contribution in [1.82, 2.24) is 4.90 Å². The van der Waals surface area contributed by atoms with Gasteiger partial charge in [-0.2, -0.15) is 11.3 Å². The predicted molar refractivity (Wildman–Crippen MR) is 68.4 cm³/mol. The van der Waals surface area contributed by atoms with Crippen molar-refractivity contribution in [2.75, 3.05) is 6.54 Å². The lowest BCUT2D eigenvalue weighted by atomic mass is 10.0. The minimum Gasteiger partial charge on any atom is -0.336 e. The van der Waals surface area contributed by atoms with Gasteiger partial charge < -0.3 is 4.90 Å². The number of nitrogens with zero attached hydrogens (tertiary/aromatic N) is 1. The summed E-state index contributed by atoms with van der Waals surface area (Å²) in [6.45, 7) is 3.05. The van der Waals surface area contributed by atoms with Crippen molar-refractivity contribution in [3.63, 3.8) is 0 Å². The number of piperidine rings is 1. The topological polar surface area (TPSA) is 20.3 Å². The molecule has 1 aromatic heterocycles. The van der Waals surface area contributed by atoms with Crippen molar-refractivity contribution < 1.29 is 4.79 Å². The van der Waals surface area contributed by atoms with E-state index >= 15 is 0 Å². The Morgan fingerprint density at radius 3 is 3.12 bits per heavy atom. The Hall–Kier alpha value is -1.09. The fourth-order valence-corrected chi connectivity index (χ4v) is 2.69. The highest BCUT2D eigenvalue weighted by atomic mass is 32.1. The monoisotopic (exact) mass is 235 g/mol. The molecule has 1 fully saturated rings. The van der Waals surface area contributed by atoms with E-state index in [0.29, 0.717) is 6.04 Å². The van der Waals surface area contributed by atoms with Gasteiger partial charge in [-0.1, -0.05) is 0 Å². The first-order chi connectivity index (χ1) is 7.77. The summed E-state index contributed by atoms with van der Waals surface area (Å²) in [4.78, 5) is 13.9. The van der Waals surface area contributed by atoms with Gasteiger partial charge >= 0.3 is 0 Å². The van der Waals surface area contributed by atoms with Gasteiger partial charge in [-0.25, -0.2) is 0 Å². The molecule has 0 N–H and O–H groups in total. The number of rotatable bonds is 2. The van der Waals surface area contributed by atoms with Crippen LogP contribution in [0, 0.1) is 0 Å². The maximum absolute atomic E-state index is 11.9. The van der Waals surface area contributed by atoms with Crippen LogP contribution in [0.15, 0.2) is 22.9 Å². The molecule has 1 atom stereocenters. The number of hydrogen-bond donors (Lipinski definition) is 0. The Labute approximate surface area is 101 Å². The largest absolute Gasteiger partial charge is 0.336 e. The number of likely N-dealkylation sites (tertiary alicyclic amines) is 1. The third kappa shape index (κ3) is 2.73. The molecule has 1 saturated heterocycles. The third-order valence-corrected chi connectivity index (χ3v) is 3.75. The smallest absolute Gasteiger partial charge is 0.246 e. The second kappa shape index (κ2) is 5.30. The zero-order chi connectivity index (χ0) is 11.4. The fraction of sp³-hybridized carbons (Fsp3) is 0.462. The van der Waals surface area contributed by atoms with Crippen molar-refractivity contribution in [3.8, 4) is 0 Å². The van der Waals surface area contributed by atoms with Gasteiger partial charge in [0.05, 0.1) is 0 Å². The first-order valence-corrected chi connectivity index (χ1v) is 6.72. The Morgan fingerprint density at radius 1 is 1.56 bits per heavy atom. The fourth-order valence-electron chi connectivity index (χ4n) is 2.06. The zero-order valence-corrected chi connectivity index (χ0v) is 10.4. The van der Waals surface area contributed by atoms with Crippen molar-refractivity contribution >= 4 is 23.3 Å². The molecule has 0 radical (unpaired) electrons. The number of carbonyl (C=O) groups excluding carboxylic acids is 1. The minimum atomic E-state index is 0.151. The van der Waals surface area contributed by atoms with Gasteiger partial charge in [0, 0.05) is 18.7 Å². The molecule has 0 spiro atoms. The van der Waals surface area contributed by atoms with E-state index in [4.69, 9.17) is 0 Å². The second-order valence-corrected chi connectivity index (χ2v) is 5.05. The summed E-state index contributed by atoms with van der Waals surface area (Å²) in [5, 5.41) is 4.07. The van der Waals surface area contributed by atoms with Gasteiger partial charge in [0.2, 0.25) is 5.91 Å². The Morgan fingerprint density at radius 2 is 2.44 bits per heavy atom. The first-order valence-electron chi connectivity index (χ1n) is 5.78. The van der Waals surface area contributed by atoms with E-state index in [1.807, 2.05) is 27.8 Å². The Balaban J connectivity index is 1.97. The summed E-state index contributed by atoms with van der Waals surface area (Å²) < 4.78 is 0. The standard InChI is InChI=1S/C13H17NOS/c1-11-4-2-3-8-14(11)13(15)6-5-12-7-9-16-10-12/h5-7,9-11H,2-4,8H2,1H3/b6-5+. The molecule has 1 aliphatic heterocycles. The summed E-state index contributed by atoms with van der Waals surface area (Å²) in [5.41, 5.74) is 1.11. The number of carbonyl (C=O) groups is 1. The first kappa shape index (κ1) is 11.4. The lowest BCUT2D eigenvalue weighted by Gasteiger charge is -2.32. The van der Waals surface area contributed by atoms with E-state index < -0.39 is 0 Å². The average Bonchev–Trinajstić information content (AvgIpc) is 2.79. The lowest BCUT2D eigenvalue weighted by Crippen LogP contribution is -2.41. The molecule has 16 heavy (non-hydrogen) atoms. The SMILES string of the molecule is CC1CCCCN1C(=O)/C=C/c1ccsc1. The quantitative estimate of drug-likeness (QED) is 0.721. The van der Waals surface area contributed by atoms with Gasteiger partial charge in [-0.15, -0.1) is 0 Å². The van der Waals surface area contributed by atoms with Crippen LogP contribution in [-0.4, -0.2) is 23.4 Å². The molecular weight excluding hydrogens is 218 g/mol. The van der Waals surface area contributed by atoms with Crippen LogP contribution in [0.1, 0.15) is 31.7 Å². The van der Waals surface area contributed by atoms with Crippen LogP contribution in [0.25, 0.3) is 6.08 Å². The number of thiophene rings is 1. The normalized spacial score (nSPS) is 21.6. The number of hydrogen-bond acceptors (Lipinski definition) is 2. The van der Waals surface area contributed by atoms with Crippen LogP contribution in [0.3, 0.4) is 0 Å². The van der Waals surface area contributed by atoms with E-state index in [1.54, 1.807) is 17.4 Å². The third-order valence-electron chi connectivity index (χ3n) is 3.05. The molecular formula is C13H17NOS. The maximum Gasteiger partial charge on any atom is 0.246 e. The molecule has 0 aliphatic carbocycles. The molecule has 2 rings (SSSR count). The van der Waals surface area contributed by atoms with E-state index in [-0.39, 0.29) is 5.91 Å². The summed E-state index contributed by atoms with van der Waals surface area (Å²) in [6, 6.07) is 2.42. The van der Waals surface area contributed by atoms with Gasteiger partial charge in [0.1, 0.15) is 0 Å². The van der Waals surface area contributed by atoms with Crippen LogP contribution < -0.4 is 0 Å². The summed E-state index contributed by atoms with van der Waals surface area (Å²) in [5.74, 6) is 0.151. The van der Waals surface area contributed by atoms with Crippen molar-refractivity contribution in [3.05, 3.63) is 28.5 Å². The van der Waals surface area contributed by atoms with Gasteiger partial charge in [0.25, 0.3) is 0 Å². The van der Waals surface area contributed by atoms with Gasteiger partial charge in [-0.3, -0.25) is 4.79 Å². The molecule has 2 heterocycles. The van der Waals surface area contributed by atoms with Crippen LogP contribution in [0.5, 0.6) is 0 Å². The van der Waals surface area contributed by atoms with Crippen LogP contribution in [0.4, 0.5) is 0 Å². The molecule has 1 amide bonds. The lowest BCUT2D eigenvalue weighted by molar-refractivity contribution is -0.129. The minimum absolute atomic E-state index is 0.151. The predicted octanol–water partition coefficient (Wildman–Crippen LogP) is 3.16. The highest BCUT2D eigenvalue weighted by Crippen LogP contribution is 2.17. The average molecular weight is 235 g/mol. The van der Waals surface area contributed by atoms with Crippen LogP contribution >= 0.6 is 11.3 Å². The molecule has 1 aliphatic rings. The zero-order valence-electron chi connectivity index (χ0n) is 9.56. The van der Waals surface area contributed by atoms with Crippen LogP contribution in [-0.2, 0) is 4.79 Å². The Bertz CT molecular complexity index is 369. The van der Waals surface area contributed by atoms with E-state index in [1.165, 1.54) is 6.42 Å². The molecule has 2 nitrogen and oxygen atoms in total. The van der Waals surface area contributed by atoms with Crippen molar-refractivity contribution in [2.45, 2.75) is 32.2 Å². The van der Waals surface area contributed by atoms with Gasteiger partial charge in [0.15, 0.2) is 0 Å². The maximum atomic E-state index is 11.9. The highest BCUT2D eigenvalue weighted by molar-refractivity contribution is 7.08. The molecule has 0 bridgehead atoms. The molecule has 0 aromatic carbocycles. The molecule has 1 aromatic rings. The van der Waals surface area contributed by atoms with E-state index in [0.717, 1.165) is 24.9 Å². The summed E-state index contributed by atoms with van der Waals surface area (Å²) in [7, 11) is 0. The molecule has 3 heteroatoms. The summed E-state index contributed by atoms with van der Waals surface area (Å²) in [6.07, 6.45) is 7.13. The van der Waals surface area contributed by atoms with Gasteiger partial charge in [-0.05, 0) is 54.7 Å². The molecule has 0 saturated carbocycles. The summed E-state index contributed by atoms with van der Waals surface area (Å²) >= 11 is 1.65.